The number of hydrogen-bond acceptors (Lipinski definition) is 3. The van der Waals surface area contributed by atoms with E-state index in [9.17, 15) is 9.59 Å². The molecule has 0 spiro atoms. The first-order chi connectivity index (χ1) is 10.4. The van der Waals surface area contributed by atoms with Crippen molar-refractivity contribution in [3.63, 3.8) is 0 Å². The van der Waals surface area contributed by atoms with Gasteiger partial charge < -0.3 is 10.1 Å². The maximum absolute atomic E-state index is 12.6. The number of Topliss-reactive ketones (excluding diaryl/α,β-unsaturated/α-hetero) is 1. The Labute approximate surface area is 131 Å². The Morgan fingerprint density at radius 1 is 1.27 bits per heavy atom. The molecule has 2 bridgehead atoms. The molecule has 22 heavy (non-hydrogen) atoms. The second-order valence-corrected chi connectivity index (χ2v) is 7.25. The van der Waals surface area contributed by atoms with Gasteiger partial charge in [-0.1, -0.05) is 51.1 Å². The van der Waals surface area contributed by atoms with Crippen molar-refractivity contribution in [1.29, 1.82) is 0 Å². The molecule has 4 nitrogen and oxygen atoms in total. The number of ketones is 1. The third-order valence-corrected chi connectivity index (χ3v) is 6.02. The first kappa shape index (κ1) is 15.1. The molecule has 0 aromatic heterocycles. The zero-order valence-corrected chi connectivity index (χ0v) is 13.4. The van der Waals surface area contributed by atoms with E-state index in [0.717, 1.165) is 18.4 Å². The van der Waals surface area contributed by atoms with Crippen LogP contribution in [-0.4, -0.2) is 17.9 Å². The van der Waals surface area contributed by atoms with Crippen molar-refractivity contribution in [2.75, 3.05) is 0 Å². The molecule has 118 valence electrons. The van der Waals surface area contributed by atoms with Gasteiger partial charge in [-0.15, -0.1) is 0 Å². The van der Waals surface area contributed by atoms with E-state index in [-0.39, 0.29) is 29.1 Å². The molecule has 0 heterocycles. The van der Waals surface area contributed by atoms with E-state index in [1.165, 1.54) is 0 Å². The van der Waals surface area contributed by atoms with Gasteiger partial charge in [-0.05, 0) is 29.7 Å². The number of hydrogen-bond donors (Lipinski definition) is 1. The number of fused-ring (bicyclic) bond motifs is 2. The predicted molar refractivity (Wildman–Crippen MR) is 83.2 cm³/mol. The standard InChI is InChI=1S/C18H23NO3/c1-17(2)13-9-10-18(17,3)15(20)14(13)19-16(21)22-11-12-7-5-4-6-8-12/h4-8,13-14H,9-11H2,1-3H3,(H,19,21)/t13-,14+,18+/m0/s1. The van der Waals surface area contributed by atoms with Crippen molar-refractivity contribution in [3.8, 4) is 0 Å². The zero-order chi connectivity index (χ0) is 16.0. The summed E-state index contributed by atoms with van der Waals surface area (Å²) in [6.07, 6.45) is 1.40. The minimum atomic E-state index is -0.505. The van der Waals surface area contributed by atoms with Gasteiger partial charge in [0.2, 0.25) is 0 Å². The van der Waals surface area contributed by atoms with E-state index in [1.807, 2.05) is 37.3 Å². The molecule has 3 rings (SSSR count). The zero-order valence-electron chi connectivity index (χ0n) is 13.4. The molecule has 0 aliphatic heterocycles. The Morgan fingerprint density at radius 3 is 2.55 bits per heavy atom. The molecular weight excluding hydrogens is 278 g/mol. The quantitative estimate of drug-likeness (QED) is 0.932. The van der Waals surface area contributed by atoms with Crippen LogP contribution in [0.5, 0.6) is 0 Å². The highest BCUT2D eigenvalue weighted by molar-refractivity contribution is 5.96. The first-order valence-corrected chi connectivity index (χ1v) is 7.88. The molecule has 4 heteroatoms. The van der Waals surface area contributed by atoms with Crippen molar-refractivity contribution < 1.29 is 14.3 Å². The van der Waals surface area contributed by atoms with E-state index in [1.54, 1.807) is 0 Å². The highest BCUT2D eigenvalue weighted by Gasteiger charge is 2.66. The average Bonchev–Trinajstić information content (AvgIpc) is 2.80. The van der Waals surface area contributed by atoms with Gasteiger partial charge in [0.05, 0.1) is 6.04 Å². The van der Waals surface area contributed by atoms with E-state index < -0.39 is 12.1 Å². The topological polar surface area (TPSA) is 55.4 Å². The fourth-order valence-electron chi connectivity index (χ4n) is 4.14. The van der Waals surface area contributed by atoms with Crippen LogP contribution in [0, 0.1) is 16.7 Å². The van der Waals surface area contributed by atoms with Crippen LogP contribution in [0.3, 0.4) is 0 Å². The summed E-state index contributed by atoms with van der Waals surface area (Å²) in [6.45, 7) is 6.53. The van der Waals surface area contributed by atoms with Crippen molar-refractivity contribution in [2.45, 2.75) is 46.3 Å². The molecule has 0 radical (unpaired) electrons. The summed E-state index contributed by atoms with van der Waals surface area (Å²) < 4.78 is 5.24. The molecule has 2 saturated carbocycles. The van der Waals surface area contributed by atoms with E-state index >= 15 is 0 Å². The summed E-state index contributed by atoms with van der Waals surface area (Å²) in [7, 11) is 0. The van der Waals surface area contributed by atoms with Gasteiger partial charge in [0.1, 0.15) is 6.61 Å². The van der Waals surface area contributed by atoms with Crippen LogP contribution in [-0.2, 0) is 16.1 Å². The molecule has 0 saturated heterocycles. The molecule has 1 amide bonds. The molecular formula is C18H23NO3. The largest absolute Gasteiger partial charge is 0.445 e. The van der Waals surface area contributed by atoms with Crippen LogP contribution in [0.4, 0.5) is 4.79 Å². The van der Waals surface area contributed by atoms with Crippen LogP contribution >= 0.6 is 0 Å². The minimum Gasteiger partial charge on any atom is -0.445 e. The summed E-state index contributed by atoms with van der Waals surface area (Å²) >= 11 is 0. The number of ether oxygens (including phenoxy) is 1. The Balaban J connectivity index is 1.62. The average molecular weight is 301 g/mol. The maximum Gasteiger partial charge on any atom is 0.408 e. The molecule has 0 unspecified atom stereocenters. The van der Waals surface area contributed by atoms with Gasteiger partial charge in [0.15, 0.2) is 5.78 Å². The highest BCUT2D eigenvalue weighted by atomic mass is 16.5. The van der Waals surface area contributed by atoms with Crippen LogP contribution < -0.4 is 5.32 Å². The van der Waals surface area contributed by atoms with Crippen LogP contribution in [0.15, 0.2) is 30.3 Å². The number of nitrogens with one attached hydrogen (secondary N) is 1. The first-order valence-electron chi connectivity index (χ1n) is 7.88. The van der Waals surface area contributed by atoms with Crippen molar-refractivity contribution in [1.82, 2.24) is 5.32 Å². The lowest BCUT2D eigenvalue weighted by molar-refractivity contribution is -0.129. The van der Waals surface area contributed by atoms with Crippen molar-refractivity contribution in [3.05, 3.63) is 35.9 Å². The Morgan fingerprint density at radius 2 is 1.95 bits per heavy atom. The van der Waals surface area contributed by atoms with E-state index in [2.05, 4.69) is 19.2 Å². The molecule has 1 aromatic rings. The molecule has 1 aromatic carbocycles. The number of carbonyl (C=O) groups is 2. The van der Waals surface area contributed by atoms with Gasteiger partial charge in [-0.3, -0.25) is 4.79 Å². The van der Waals surface area contributed by atoms with Crippen LogP contribution in [0.2, 0.25) is 0 Å². The number of benzene rings is 1. The second kappa shape index (κ2) is 5.11. The summed E-state index contributed by atoms with van der Waals surface area (Å²) in [5.41, 5.74) is 0.542. The van der Waals surface area contributed by atoms with Gasteiger partial charge in [0, 0.05) is 5.41 Å². The molecule has 1 N–H and O–H groups in total. The summed E-state index contributed by atoms with van der Waals surface area (Å²) in [6, 6.07) is 9.12. The molecule has 2 aliphatic carbocycles. The summed E-state index contributed by atoms with van der Waals surface area (Å²) in [5.74, 6) is 0.361. The maximum atomic E-state index is 12.6. The smallest absolute Gasteiger partial charge is 0.408 e. The van der Waals surface area contributed by atoms with E-state index in [0.29, 0.717) is 0 Å². The molecule has 2 fully saturated rings. The normalized spacial score (nSPS) is 32.0. The SMILES string of the molecule is CC1(C)[C@H]2CC[C@]1(C)C(=O)[C@@H]2NC(=O)OCc1ccccc1. The summed E-state index contributed by atoms with van der Waals surface area (Å²) in [4.78, 5) is 24.7. The van der Waals surface area contributed by atoms with Crippen LogP contribution in [0.1, 0.15) is 39.2 Å². The number of amides is 1. The molecule has 2 aliphatic rings. The number of carbonyl (C=O) groups excluding carboxylic acids is 2. The predicted octanol–water partition coefficient (Wildman–Crippen LogP) is 3.31. The van der Waals surface area contributed by atoms with Crippen molar-refractivity contribution in [2.24, 2.45) is 16.7 Å². The number of alkyl carbamates (subject to hydrolysis) is 1. The van der Waals surface area contributed by atoms with Gasteiger partial charge >= 0.3 is 6.09 Å². The lowest BCUT2D eigenvalue weighted by atomic mass is 9.70. The monoisotopic (exact) mass is 301 g/mol. The number of rotatable bonds is 3. The Bertz CT molecular complexity index is 596. The fourth-order valence-corrected chi connectivity index (χ4v) is 4.14. The lowest BCUT2D eigenvalue weighted by Gasteiger charge is -2.32. The Kier molecular flexibility index (Phi) is 3.50. The molecule has 3 atom stereocenters. The van der Waals surface area contributed by atoms with E-state index in [4.69, 9.17) is 4.74 Å². The summed E-state index contributed by atoms with van der Waals surface area (Å²) in [5, 5.41) is 2.80. The fraction of sp³-hybridized carbons (Fsp3) is 0.556. The highest BCUT2D eigenvalue weighted by Crippen LogP contribution is 2.63. The van der Waals surface area contributed by atoms with Gasteiger partial charge in [-0.25, -0.2) is 4.79 Å². The third-order valence-electron chi connectivity index (χ3n) is 6.02. The van der Waals surface area contributed by atoms with Gasteiger partial charge in [0.25, 0.3) is 0 Å². The van der Waals surface area contributed by atoms with Crippen LogP contribution in [0.25, 0.3) is 0 Å². The second-order valence-electron chi connectivity index (χ2n) is 7.25. The third kappa shape index (κ3) is 2.13. The Hall–Kier alpha value is -1.84. The lowest BCUT2D eigenvalue weighted by Crippen LogP contribution is -2.46. The van der Waals surface area contributed by atoms with Gasteiger partial charge in [-0.2, -0.15) is 0 Å². The van der Waals surface area contributed by atoms with Crippen molar-refractivity contribution >= 4 is 11.9 Å². The minimum absolute atomic E-state index is 0.0680.